The Morgan fingerprint density at radius 1 is 1.37 bits per heavy atom. The number of nitrogens with two attached hydrogens (primary N) is 1. The fourth-order valence-electron chi connectivity index (χ4n) is 1.50. The van der Waals surface area contributed by atoms with Crippen LogP contribution in [0.3, 0.4) is 0 Å². The summed E-state index contributed by atoms with van der Waals surface area (Å²) in [5.74, 6) is -0.397. The van der Waals surface area contributed by atoms with Gasteiger partial charge in [-0.15, -0.1) is 11.3 Å². The molecule has 1 aromatic heterocycles. The van der Waals surface area contributed by atoms with Crippen LogP contribution in [0.5, 0.6) is 0 Å². The van der Waals surface area contributed by atoms with Gasteiger partial charge in [0, 0.05) is 5.56 Å². The van der Waals surface area contributed by atoms with Crippen molar-refractivity contribution in [2.24, 2.45) is 5.73 Å². The van der Waals surface area contributed by atoms with Crippen molar-refractivity contribution in [3.05, 3.63) is 19.8 Å². The summed E-state index contributed by atoms with van der Waals surface area (Å²) in [5.41, 5.74) is 10.8. The van der Waals surface area contributed by atoms with Gasteiger partial charge in [-0.3, -0.25) is 15.6 Å². The first-order valence-electron chi connectivity index (χ1n) is 5.79. The van der Waals surface area contributed by atoms with E-state index in [4.69, 9.17) is 28.9 Å². The minimum Gasteiger partial charge on any atom is -0.375 e. The maximum Gasteiger partial charge on any atom is 0.281 e. The predicted octanol–water partition coefficient (Wildman–Crippen LogP) is 3.27. The second-order valence-electron chi connectivity index (χ2n) is 3.90. The van der Waals surface area contributed by atoms with Gasteiger partial charge in [0.1, 0.15) is 4.88 Å². The molecule has 0 unspecified atom stereocenters. The summed E-state index contributed by atoms with van der Waals surface area (Å²) >= 11 is 18.1. The van der Waals surface area contributed by atoms with E-state index in [9.17, 15) is 4.79 Å². The summed E-state index contributed by atoms with van der Waals surface area (Å²) in [4.78, 5) is 12.2. The summed E-state index contributed by atoms with van der Waals surface area (Å²) in [7, 11) is 0. The SMILES string of the molecule is CCCCCc1c(Cl)sc(C(=O)NNC(N)=S)c1Cl. The summed E-state index contributed by atoms with van der Waals surface area (Å²) in [5, 5.41) is 0.392. The maximum absolute atomic E-state index is 11.8. The zero-order chi connectivity index (χ0) is 14.4. The van der Waals surface area contributed by atoms with Gasteiger partial charge in [-0.05, 0) is 25.1 Å². The van der Waals surface area contributed by atoms with Crippen LogP contribution >= 0.6 is 46.8 Å². The lowest BCUT2D eigenvalue weighted by Gasteiger charge is -2.05. The summed E-state index contributed by atoms with van der Waals surface area (Å²) in [6.45, 7) is 2.12. The molecule has 4 nitrogen and oxygen atoms in total. The van der Waals surface area contributed by atoms with Gasteiger partial charge in [-0.2, -0.15) is 0 Å². The average Bonchev–Trinajstić information content (AvgIpc) is 2.64. The lowest BCUT2D eigenvalue weighted by molar-refractivity contribution is 0.0948. The van der Waals surface area contributed by atoms with Crippen molar-refractivity contribution in [2.75, 3.05) is 0 Å². The highest BCUT2D eigenvalue weighted by atomic mass is 35.5. The molecule has 1 heterocycles. The molecule has 19 heavy (non-hydrogen) atoms. The average molecular weight is 340 g/mol. The van der Waals surface area contributed by atoms with E-state index in [-0.39, 0.29) is 5.11 Å². The Kier molecular flexibility index (Phi) is 6.85. The first-order valence-corrected chi connectivity index (χ1v) is 7.77. The van der Waals surface area contributed by atoms with Gasteiger partial charge >= 0.3 is 0 Å². The van der Waals surface area contributed by atoms with Crippen LogP contribution in [0.15, 0.2) is 0 Å². The van der Waals surface area contributed by atoms with Crippen molar-refractivity contribution in [1.29, 1.82) is 0 Å². The van der Waals surface area contributed by atoms with Gasteiger partial charge in [0.25, 0.3) is 5.91 Å². The van der Waals surface area contributed by atoms with E-state index in [1.54, 1.807) is 0 Å². The lowest BCUT2D eigenvalue weighted by atomic mass is 10.1. The monoisotopic (exact) mass is 339 g/mol. The largest absolute Gasteiger partial charge is 0.375 e. The zero-order valence-electron chi connectivity index (χ0n) is 10.4. The van der Waals surface area contributed by atoms with Gasteiger partial charge in [0.05, 0.1) is 9.36 Å². The van der Waals surface area contributed by atoms with Gasteiger partial charge < -0.3 is 5.73 Å². The third-order valence-electron chi connectivity index (χ3n) is 2.43. The second-order valence-corrected chi connectivity index (χ2v) is 6.34. The number of rotatable bonds is 5. The van der Waals surface area contributed by atoms with Crippen LogP contribution in [0.25, 0.3) is 0 Å². The molecule has 0 aromatic carbocycles. The van der Waals surface area contributed by atoms with E-state index in [2.05, 4.69) is 30.0 Å². The normalized spacial score (nSPS) is 10.3. The molecule has 0 atom stereocenters. The summed E-state index contributed by atoms with van der Waals surface area (Å²) in [6, 6.07) is 0. The van der Waals surface area contributed by atoms with Crippen LogP contribution in [-0.2, 0) is 6.42 Å². The number of thiocarbonyl (C=S) groups is 1. The number of hydrogen-bond acceptors (Lipinski definition) is 3. The molecule has 0 radical (unpaired) electrons. The van der Waals surface area contributed by atoms with E-state index < -0.39 is 5.91 Å². The second kappa shape index (κ2) is 7.89. The van der Waals surface area contributed by atoms with E-state index in [0.29, 0.717) is 14.2 Å². The molecule has 106 valence electrons. The third kappa shape index (κ3) is 4.80. The van der Waals surface area contributed by atoms with Crippen LogP contribution in [-0.4, -0.2) is 11.0 Å². The molecule has 0 spiro atoms. The minimum absolute atomic E-state index is 0.0182. The first-order chi connectivity index (χ1) is 8.97. The van der Waals surface area contributed by atoms with E-state index in [1.807, 2.05) is 0 Å². The molecule has 0 aliphatic carbocycles. The Balaban J connectivity index is 2.77. The van der Waals surface area contributed by atoms with Crippen LogP contribution in [0.4, 0.5) is 0 Å². The number of amides is 1. The third-order valence-corrected chi connectivity index (χ3v) is 4.54. The predicted molar refractivity (Wildman–Crippen MR) is 85.0 cm³/mol. The van der Waals surface area contributed by atoms with Gasteiger partial charge in [-0.25, -0.2) is 0 Å². The van der Waals surface area contributed by atoms with Crippen molar-refractivity contribution in [3.63, 3.8) is 0 Å². The van der Waals surface area contributed by atoms with Gasteiger partial charge in [0.2, 0.25) is 0 Å². The minimum atomic E-state index is -0.397. The summed E-state index contributed by atoms with van der Waals surface area (Å²) < 4.78 is 0.557. The van der Waals surface area contributed by atoms with E-state index >= 15 is 0 Å². The van der Waals surface area contributed by atoms with Crippen LogP contribution in [0.2, 0.25) is 9.36 Å². The standard InChI is InChI=1S/C11H15Cl2N3OS2/c1-2-3-4-5-6-7(12)8(19-9(6)13)10(17)15-16-11(14)18/h2-5H2,1H3,(H,15,17)(H3,14,16,18). The Hall–Kier alpha value is -0.560. The quantitative estimate of drug-likeness (QED) is 0.437. The van der Waals surface area contributed by atoms with Crippen molar-refractivity contribution < 1.29 is 4.79 Å². The topological polar surface area (TPSA) is 67.2 Å². The van der Waals surface area contributed by atoms with Crippen LogP contribution < -0.4 is 16.6 Å². The molecule has 8 heteroatoms. The molecule has 0 aliphatic heterocycles. The first kappa shape index (κ1) is 16.5. The Labute approximate surface area is 131 Å². The Morgan fingerprint density at radius 3 is 2.63 bits per heavy atom. The maximum atomic E-state index is 11.8. The number of nitrogens with one attached hydrogen (secondary N) is 2. The number of unbranched alkanes of at least 4 members (excludes halogenated alkanes) is 2. The fraction of sp³-hybridized carbons (Fsp3) is 0.455. The molecule has 1 aromatic rings. The number of halogens is 2. The molecule has 0 saturated carbocycles. The highest BCUT2D eigenvalue weighted by Gasteiger charge is 2.20. The molecule has 4 N–H and O–H groups in total. The van der Waals surface area contributed by atoms with Gasteiger partial charge in [0.15, 0.2) is 5.11 Å². The number of carbonyl (C=O) groups excluding carboxylic acids is 1. The van der Waals surface area contributed by atoms with E-state index in [1.165, 1.54) is 0 Å². The van der Waals surface area contributed by atoms with Crippen molar-refractivity contribution in [1.82, 2.24) is 10.9 Å². The molecule has 0 saturated heterocycles. The zero-order valence-corrected chi connectivity index (χ0v) is 13.5. The Morgan fingerprint density at radius 2 is 2.05 bits per heavy atom. The highest BCUT2D eigenvalue weighted by Crippen LogP contribution is 2.37. The fourth-order valence-corrected chi connectivity index (χ4v) is 3.33. The molecule has 0 bridgehead atoms. The smallest absolute Gasteiger partial charge is 0.281 e. The summed E-state index contributed by atoms with van der Waals surface area (Å²) in [6.07, 6.45) is 3.99. The van der Waals surface area contributed by atoms with Crippen molar-refractivity contribution >= 4 is 57.8 Å². The molecular weight excluding hydrogens is 325 g/mol. The highest BCUT2D eigenvalue weighted by molar-refractivity contribution is 7.80. The van der Waals surface area contributed by atoms with Crippen LogP contribution in [0.1, 0.15) is 41.4 Å². The van der Waals surface area contributed by atoms with Crippen molar-refractivity contribution in [3.8, 4) is 0 Å². The number of thiophene rings is 1. The molecule has 1 amide bonds. The molecular formula is C11H15Cl2N3OS2. The number of carbonyl (C=O) groups is 1. The Bertz CT molecular complexity index is 477. The number of hydrogen-bond donors (Lipinski definition) is 3. The number of hydrazine groups is 1. The lowest BCUT2D eigenvalue weighted by Crippen LogP contribution is -2.44. The molecule has 1 rings (SSSR count). The molecule has 0 aliphatic rings. The van der Waals surface area contributed by atoms with E-state index in [0.717, 1.165) is 42.6 Å². The molecule has 0 fully saturated rings. The van der Waals surface area contributed by atoms with Crippen LogP contribution in [0, 0.1) is 0 Å². The van der Waals surface area contributed by atoms with Crippen molar-refractivity contribution in [2.45, 2.75) is 32.6 Å². The van der Waals surface area contributed by atoms with Gasteiger partial charge in [-0.1, -0.05) is 43.0 Å².